The predicted molar refractivity (Wildman–Crippen MR) is 121 cm³/mol. The fourth-order valence-electron chi connectivity index (χ4n) is 2.56. The van der Waals surface area contributed by atoms with Crippen LogP contribution in [-0.4, -0.2) is 5.91 Å². The topological polar surface area (TPSA) is 62.1 Å². The summed E-state index contributed by atoms with van der Waals surface area (Å²) in [4.78, 5) is 12.5. The van der Waals surface area contributed by atoms with Crippen molar-refractivity contribution in [2.45, 2.75) is 6.61 Å². The molecule has 0 saturated carbocycles. The SMILES string of the molecule is N#C/C(=C\c1ccc(OCc2ccccc2)c(Cl)c1)C(=O)Nc1cccc(Cl)c1Cl. The third kappa shape index (κ3) is 5.55. The summed E-state index contributed by atoms with van der Waals surface area (Å²) in [5.74, 6) is -0.103. The van der Waals surface area contributed by atoms with Gasteiger partial charge in [0.1, 0.15) is 24.0 Å². The molecule has 0 bridgehead atoms. The number of hydrogen-bond donors (Lipinski definition) is 1. The minimum absolute atomic E-state index is 0.111. The van der Waals surface area contributed by atoms with Crippen LogP contribution < -0.4 is 10.1 Å². The van der Waals surface area contributed by atoms with Gasteiger partial charge in [0.05, 0.1) is 20.8 Å². The Morgan fingerprint density at radius 1 is 1.00 bits per heavy atom. The Kier molecular flexibility index (Phi) is 7.37. The number of halogens is 3. The Morgan fingerprint density at radius 2 is 1.77 bits per heavy atom. The summed E-state index contributed by atoms with van der Waals surface area (Å²) in [5, 5.41) is 12.9. The van der Waals surface area contributed by atoms with E-state index in [0.717, 1.165) is 5.56 Å². The maximum absolute atomic E-state index is 12.5. The van der Waals surface area contributed by atoms with E-state index in [1.54, 1.807) is 36.4 Å². The van der Waals surface area contributed by atoms with Crippen LogP contribution in [0.15, 0.2) is 72.3 Å². The second kappa shape index (κ2) is 10.2. The van der Waals surface area contributed by atoms with Gasteiger partial charge in [0, 0.05) is 0 Å². The van der Waals surface area contributed by atoms with Crippen molar-refractivity contribution in [3.63, 3.8) is 0 Å². The monoisotopic (exact) mass is 456 g/mol. The number of nitriles is 1. The lowest BCUT2D eigenvalue weighted by atomic mass is 10.1. The fraction of sp³-hybridized carbons (Fsp3) is 0.0435. The number of nitrogens with one attached hydrogen (secondary N) is 1. The second-order valence-corrected chi connectivity index (χ2v) is 7.38. The summed E-state index contributed by atoms with van der Waals surface area (Å²) >= 11 is 18.3. The van der Waals surface area contributed by atoms with Crippen LogP contribution in [0.3, 0.4) is 0 Å². The smallest absolute Gasteiger partial charge is 0.266 e. The highest BCUT2D eigenvalue weighted by molar-refractivity contribution is 6.44. The minimum Gasteiger partial charge on any atom is -0.487 e. The average Bonchev–Trinajstić information content (AvgIpc) is 2.75. The number of benzene rings is 3. The molecule has 0 radical (unpaired) electrons. The summed E-state index contributed by atoms with van der Waals surface area (Å²) in [7, 11) is 0. The molecule has 1 N–H and O–H groups in total. The molecule has 0 aliphatic rings. The van der Waals surface area contributed by atoms with E-state index in [0.29, 0.717) is 33.7 Å². The fourth-order valence-corrected chi connectivity index (χ4v) is 3.16. The molecule has 0 aliphatic carbocycles. The molecule has 0 spiro atoms. The van der Waals surface area contributed by atoms with Crippen molar-refractivity contribution in [2.24, 2.45) is 0 Å². The van der Waals surface area contributed by atoms with E-state index in [9.17, 15) is 10.1 Å². The molecule has 0 saturated heterocycles. The van der Waals surface area contributed by atoms with Gasteiger partial charge in [-0.05, 0) is 41.5 Å². The van der Waals surface area contributed by atoms with Crippen LogP contribution in [0.2, 0.25) is 15.1 Å². The Labute approximate surface area is 189 Å². The zero-order valence-electron chi connectivity index (χ0n) is 15.5. The number of hydrogen-bond acceptors (Lipinski definition) is 3. The first-order valence-corrected chi connectivity index (χ1v) is 9.95. The van der Waals surface area contributed by atoms with Crippen LogP contribution in [0.5, 0.6) is 5.75 Å². The maximum Gasteiger partial charge on any atom is 0.266 e. The van der Waals surface area contributed by atoms with Gasteiger partial charge in [-0.2, -0.15) is 5.26 Å². The summed E-state index contributed by atoms with van der Waals surface area (Å²) in [6.45, 7) is 0.377. The lowest BCUT2D eigenvalue weighted by molar-refractivity contribution is -0.112. The molecular formula is C23H15Cl3N2O2. The van der Waals surface area contributed by atoms with E-state index in [-0.39, 0.29) is 10.6 Å². The van der Waals surface area contributed by atoms with Crippen LogP contribution in [0.25, 0.3) is 6.08 Å². The molecule has 30 heavy (non-hydrogen) atoms. The third-order valence-corrected chi connectivity index (χ3v) is 5.18. The molecule has 3 aromatic rings. The van der Waals surface area contributed by atoms with E-state index in [1.807, 2.05) is 36.4 Å². The van der Waals surface area contributed by atoms with E-state index < -0.39 is 5.91 Å². The standard InChI is InChI=1S/C23H15Cl3N2O2/c24-18-7-4-8-20(22(18)26)28-23(29)17(13-27)11-16-9-10-21(19(25)12-16)30-14-15-5-2-1-3-6-15/h1-12H,14H2,(H,28,29)/b17-11+. The summed E-state index contributed by atoms with van der Waals surface area (Å²) < 4.78 is 5.74. The summed E-state index contributed by atoms with van der Waals surface area (Å²) in [6.07, 6.45) is 1.43. The molecule has 7 heteroatoms. The number of nitrogens with zero attached hydrogens (tertiary/aromatic N) is 1. The molecule has 0 fully saturated rings. The first-order chi connectivity index (χ1) is 14.5. The Balaban J connectivity index is 1.73. The number of ether oxygens (including phenoxy) is 1. The van der Waals surface area contributed by atoms with Crippen molar-refractivity contribution in [2.75, 3.05) is 5.32 Å². The molecule has 0 aromatic heterocycles. The molecule has 0 atom stereocenters. The molecule has 1 amide bonds. The predicted octanol–water partition coefficient (Wildman–Crippen LogP) is 6.77. The van der Waals surface area contributed by atoms with Gasteiger partial charge in [0.15, 0.2) is 0 Å². The molecule has 0 heterocycles. The van der Waals surface area contributed by atoms with Gasteiger partial charge in [0.25, 0.3) is 5.91 Å². The van der Waals surface area contributed by atoms with Crippen molar-refractivity contribution in [1.29, 1.82) is 5.26 Å². The second-order valence-electron chi connectivity index (χ2n) is 6.19. The van der Waals surface area contributed by atoms with Crippen LogP contribution in [0.1, 0.15) is 11.1 Å². The van der Waals surface area contributed by atoms with Gasteiger partial charge >= 0.3 is 0 Å². The highest BCUT2D eigenvalue weighted by Crippen LogP contribution is 2.30. The molecule has 4 nitrogen and oxygen atoms in total. The van der Waals surface area contributed by atoms with E-state index >= 15 is 0 Å². The van der Waals surface area contributed by atoms with Crippen molar-refractivity contribution in [1.82, 2.24) is 0 Å². The van der Waals surface area contributed by atoms with E-state index in [2.05, 4.69) is 5.32 Å². The molecule has 0 unspecified atom stereocenters. The van der Waals surface area contributed by atoms with E-state index in [1.165, 1.54) is 6.08 Å². The molecule has 150 valence electrons. The van der Waals surface area contributed by atoms with Crippen molar-refractivity contribution in [3.05, 3.63) is 98.5 Å². The normalized spacial score (nSPS) is 10.9. The Morgan fingerprint density at radius 3 is 2.47 bits per heavy atom. The Bertz CT molecular complexity index is 1140. The first kappa shape index (κ1) is 21.7. The van der Waals surface area contributed by atoms with Gasteiger partial charge < -0.3 is 10.1 Å². The summed E-state index contributed by atoms with van der Waals surface area (Å²) in [5.41, 5.74) is 1.80. The first-order valence-electron chi connectivity index (χ1n) is 8.81. The number of anilines is 1. The Hall–Kier alpha value is -2.97. The van der Waals surface area contributed by atoms with E-state index in [4.69, 9.17) is 39.5 Å². The van der Waals surface area contributed by atoms with Gasteiger partial charge in [-0.1, -0.05) is 77.3 Å². The van der Waals surface area contributed by atoms with Gasteiger partial charge in [-0.15, -0.1) is 0 Å². The van der Waals surface area contributed by atoms with Crippen LogP contribution in [0, 0.1) is 11.3 Å². The van der Waals surface area contributed by atoms with Gasteiger partial charge in [-0.3, -0.25) is 4.79 Å². The highest BCUT2D eigenvalue weighted by atomic mass is 35.5. The van der Waals surface area contributed by atoms with Crippen molar-refractivity contribution >= 4 is 52.5 Å². The number of rotatable bonds is 6. The number of carbonyl (C=O) groups excluding carboxylic acids is 1. The van der Waals surface area contributed by atoms with Crippen LogP contribution in [0.4, 0.5) is 5.69 Å². The number of carbonyl (C=O) groups is 1. The average molecular weight is 458 g/mol. The van der Waals surface area contributed by atoms with Crippen LogP contribution in [-0.2, 0) is 11.4 Å². The number of amides is 1. The molecule has 3 rings (SSSR count). The van der Waals surface area contributed by atoms with Crippen LogP contribution >= 0.6 is 34.8 Å². The van der Waals surface area contributed by atoms with Crippen molar-refractivity contribution < 1.29 is 9.53 Å². The molecule has 3 aromatic carbocycles. The molecule has 0 aliphatic heterocycles. The third-order valence-electron chi connectivity index (χ3n) is 4.07. The van der Waals surface area contributed by atoms with Gasteiger partial charge in [0.2, 0.25) is 0 Å². The minimum atomic E-state index is -0.609. The molecular weight excluding hydrogens is 443 g/mol. The largest absolute Gasteiger partial charge is 0.487 e. The zero-order valence-corrected chi connectivity index (χ0v) is 17.8. The highest BCUT2D eigenvalue weighted by Gasteiger charge is 2.13. The lowest BCUT2D eigenvalue weighted by Crippen LogP contribution is -2.13. The quantitative estimate of drug-likeness (QED) is 0.328. The van der Waals surface area contributed by atoms with Crippen molar-refractivity contribution in [3.8, 4) is 11.8 Å². The maximum atomic E-state index is 12.5. The summed E-state index contributed by atoms with van der Waals surface area (Å²) in [6, 6.07) is 21.5. The van der Waals surface area contributed by atoms with Gasteiger partial charge in [-0.25, -0.2) is 0 Å². The lowest BCUT2D eigenvalue weighted by Gasteiger charge is -2.09. The zero-order chi connectivity index (χ0) is 21.5.